The van der Waals surface area contributed by atoms with E-state index in [0.29, 0.717) is 13.2 Å². The molecule has 1 rings (SSSR count). The summed E-state index contributed by atoms with van der Waals surface area (Å²) in [5.74, 6) is -0.218. The standard InChI is InChI=1S/C11H19N3O2/c1-4-14-8-12-6-10(14)7-13-9(3)11(15)16-5-2/h6,8-9,13H,4-5,7H2,1-3H3. The molecule has 1 aromatic heterocycles. The first-order valence-corrected chi connectivity index (χ1v) is 5.58. The highest BCUT2D eigenvalue weighted by Crippen LogP contribution is 1.99. The predicted octanol–water partition coefficient (Wildman–Crippen LogP) is 0.944. The molecule has 0 saturated heterocycles. The van der Waals surface area contributed by atoms with Crippen LogP contribution in [-0.2, 0) is 22.6 Å². The summed E-state index contributed by atoms with van der Waals surface area (Å²) in [6.45, 7) is 7.57. The van der Waals surface area contributed by atoms with E-state index in [9.17, 15) is 4.79 Å². The molecule has 1 aromatic rings. The van der Waals surface area contributed by atoms with Crippen molar-refractivity contribution in [1.82, 2.24) is 14.9 Å². The van der Waals surface area contributed by atoms with Crippen LogP contribution in [0.3, 0.4) is 0 Å². The van der Waals surface area contributed by atoms with Gasteiger partial charge in [0.2, 0.25) is 0 Å². The van der Waals surface area contributed by atoms with Gasteiger partial charge in [-0.15, -0.1) is 0 Å². The van der Waals surface area contributed by atoms with Crippen LogP contribution in [0.25, 0.3) is 0 Å². The summed E-state index contributed by atoms with van der Waals surface area (Å²) in [5.41, 5.74) is 1.07. The van der Waals surface area contributed by atoms with E-state index in [1.807, 2.05) is 4.57 Å². The topological polar surface area (TPSA) is 56.1 Å². The van der Waals surface area contributed by atoms with E-state index in [1.165, 1.54) is 0 Å². The van der Waals surface area contributed by atoms with Crippen molar-refractivity contribution >= 4 is 5.97 Å². The maximum absolute atomic E-state index is 11.3. The fraction of sp³-hybridized carbons (Fsp3) is 0.636. The van der Waals surface area contributed by atoms with Crippen molar-refractivity contribution in [3.05, 3.63) is 18.2 Å². The summed E-state index contributed by atoms with van der Waals surface area (Å²) < 4.78 is 6.94. The van der Waals surface area contributed by atoms with Crippen molar-refractivity contribution in [3.63, 3.8) is 0 Å². The molecule has 1 heterocycles. The number of carbonyl (C=O) groups is 1. The van der Waals surface area contributed by atoms with Crippen molar-refractivity contribution < 1.29 is 9.53 Å². The van der Waals surface area contributed by atoms with Gasteiger partial charge in [-0.05, 0) is 20.8 Å². The van der Waals surface area contributed by atoms with E-state index >= 15 is 0 Å². The lowest BCUT2D eigenvalue weighted by atomic mass is 10.3. The van der Waals surface area contributed by atoms with Crippen LogP contribution in [0.5, 0.6) is 0 Å². The zero-order valence-electron chi connectivity index (χ0n) is 10.1. The Morgan fingerprint density at radius 3 is 3.00 bits per heavy atom. The highest BCUT2D eigenvalue weighted by molar-refractivity contribution is 5.75. The van der Waals surface area contributed by atoms with E-state index in [2.05, 4.69) is 17.2 Å². The van der Waals surface area contributed by atoms with Gasteiger partial charge in [-0.3, -0.25) is 10.1 Å². The predicted molar refractivity (Wildman–Crippen MR) is 60.8 cm³/mol. The van der Waals surface area contributed by atoms with Gasteiger partial charge in [0.15, 0.2) is 0 Å². The molecule has 1 unspecified atom stereocenters. The van der Waals surface area contributed by atoms with Crippen molar-refractivity contribution in [2.45, 2.75) is 39.9 Å². The Kier molecular flexibility index (Phi) is 4.98. The van der Waals surface area contributed by atoms with Crippen molar-refractivity contribution in [3.8, 4) is 0 Å². The van der Waals surface area contributed by atoms with Crippen LogP contribution >= 0.6 is 0 Å². The smallest absolute Gasteiger partial charge is 0.322 e. The van der Waals surface area contributed by atoms with Gasteiger partial charge in [-0.25, -0.2) is 4.98 Å². The molecule has 0 spiro atoms. The van der Waals surface area contributed by atoms with Crippen molar-refractivity contribution in [2.75, 3.05) is 6.61 Å². The summed E-state index contributed by atoms with van der Waals surface area (Å²) in [5, 5.41) is 3.11. The summed E-state index contributed by atoms with van der Waals surface area (Å²) in [7, 11) is 0. The molecule has 0 aliphatic heterocycles. The molecule has 5 nitrogen and oxygen atoms in total. The largest absolute Gasteiger partial charge is 0.465 e. The zero-order valence-corrected chi connectivity index (χ0v) is 10.1. The first-order valence-electron chi connectivity index (χ1n) is 5.58. The Morgan fingerprint density at radius 1 is 1.62 bits per heavy atom. The lowest BCUT2D eigenvalue weighted by Crippen LogP contribution is -2.35. The third-order valence-corrected chi connectivity index (χ3v) is 2.37. The van der Waals surface area contributed by atoms with Gasteiger partial charge in [0.1, 0.15) is 6.04 Å². The highest BCUT2D eigenvalue weighted by Gasteiger charge is 2.13. The minimum Gasteiger partial charge on any atom is -0.465 e. The molecular weight excluding hydrogens is 206 g/mol. The van der Waals surface area contributed by atoms with E-state index in [4.69, 9.17) is 4.74 Å². The maximum atomic E-state index is 11.3. The number of nitrogens with zero attached hydrogens (tertiary/aromatic N) is 2. The molecule has 0 aliphatic rings. The summed E-state index contributed by atoms with van der Waals surface area (Å²) >= 11 is 0. The molecule has 0 radical (unpaired) electrons. The lowest BCUT2D eigenvalue weighted by molar-refractivity contribution is -0.145. The third kappa shape index (κ3) is 3.34. The zero-order chi connectivity index (χ0) is 12.0. The first kappa shape index (κ1) is 12.7. The molecule has 0 bridgehead atoms. The van der Waals surface area contributed by atoms with Crippen LogP contribution in [0.15, 0.2) is 12.5 Å². The van der Waals surface area contributed by atoms with Crippen LogP contribution in [0.4, 0.5) is 0 Å². The number of hydrogen-bond donors (Lipinski definition) is 1. The number of nitrogens with one attached hydrogen (secondary N) is 1. The number of carbonyl (C=O) groups excluding carboxylic acids is 1. The molecule has 0 saturated carbocycles. The minimum absolute atomic E-state index is 0.218. The Morgan fingerprint density at radius 2 is 2.38 bits per heavy atom. The third-order valence-electron chi connectivity index (χ3n) is 2.37. The SMILES string of the molecule is CCOC(=O)C(C)NCc1cncn1CC. The number of aryl methyl sites for hydroxylation is 1. The number of hydrogen-bond acceptors (Lipinski definition) is 4. The van der Waals surface area contributed by atoms with Crippen molar-refractivity contribution in [1.29, 1.82) is 0 Å². The number of esters is 1. The summed E-state index contributed by atoms with van der Waals surface area (Å²) in [4.78, 5) is 15.4. The van der Waals surface area contributed by atoms with Gasteiger partial charge in [0.25, 0.3) is 0 Å². The molecule has 5 heteroatoms. The highest BCUT2D eigenvalue weighted by atomic mass is 16.5. The Balaban J connectivity index is 2.42. The van der Waals surface area contributed by atoms with Crippen LogP contribution in [0.1, 0.15) is 26.5 Å². The second-order valence-corrected chi connectivity index (χ2v) is 3.53. The van der Waals surface area contributed by atoms with Gasteiger partial charge in [-0.2, -0.15) is 0 Å². The molecule has 0 fully saturated rings. The molecule has 1 atom stereocenters. The molecule has 90 valence electrons. The van der Waals surface area contributed by atoms with Gasteiger partial charge in [0, 0.05) is 19.3 Å². The Labute approximate surface area is 95.8 Å². The Bertz CT molecular complexity index is 336. The van der Waals surface area contributed by atoms with Gasteiger partial charge >= 0.3 is 5.97 Å². The molecule has 0 amide bonds. The molecule has 0 aromatic carbocycles. The second kappa shape index (κ2) is 6.27. The second-order valence-electron chi connectivity index (χ2n) is 3.53. The number of aromatic nitrogens is 2. The van der Waals surface area contributed by atoms with Crippen molar-refractivity contribution in [2.24, 2.45) is 0 Å². The summed E-state index contributed by atoms with van der Waals surface area (Å²) in [6.07, 6.45) is 3.58. The fourth-order valence-electron chi connectivity index (χ4n) is 1.39. The monoisotopic (exact) mass is 225 g/mol. The van der Waals surface area contributed by atoms with Crippen LogP contribution < -0.4 is 5.32 Å². The molecule has 1 N–H and O–H groups in total. The number of ether oxygens (including phenoxy) is 1. The van der Waals surface area contributed by atoms with Gasteiger partial charge < -0.3 is 9.30 Å². The quantitative estimate of drug-likeness (QED) is 0.732. The van der Waals surface area contributed by atoms with E-state index in [0.717, 1.165) is 12.2 Å². The van der Waals surface area contributed by atoms with Gasteiger partial charge in [-0.1, -0.05) is 0 Å². The number of rotatable bonds is 6. The van der Waals surface area contributed by atoms with E-state index < -0.39 is 0 Å². The molecule has 16 heavy (non-hydrogen) atoms. The fourth-order valence-corrected chi connectivity index (χ4v) is 1.39. The van der Waals surface area contributed by atoms with Crippen LogP contribution in [-0.4, -0.2) is 28.2 Å². The van der Waals surface area contributed by atoms with E-state index in [-0.39, 0.29) is 12.0 Å². The van der Waals surface area contributed by atoms with Crippen LogP contribution in [0, 0.1) is 0 Å². The molecule has 0 aliphatic carbocycles. The molecular formula is C11H19N3O2. The van der Waals surface area contributed by atoms with E-state index in [1.54, 1.807) is 26.4 Å². The number of imidazole rings is 1. The normalized spacial score (nSPS) is 12.4. The first-order chi connectivity index (χ1) is 7.69. The lowest BCUT2D eigenvalue weighted by Gasteiger charge is -2.13. The van der Waals surface area contributed by atoms with Gasteiger partial charge in [0.05, 0.1) is 18.6 Å². The average molecular weight is 225 g/mol. The average Bonchev–Trinajstić information content (AvgIpc) is 2.73. The minimum atomic E-state index is -0.292. The summed E-state index contributed by atoms with van der Waals surface area (Å²) in [6, 6.07) is -0.292. The van der Waals surface area contributed by atoms with Crippen LogP contribution in [0.2, 0.25) is 0 Å². The maximum Gasteiger partial charge on any atom is 0.322 e. The Hall–Kier alpha value is -1.36.